The molecule has 6 heteroatoms. The standard InChI is InChI=1S/C15H22N6/c1-12-11-17-8-4-14(12)5-9-21-15(18-19-20-21)10-13-2-6-16-7-3-13/h4,8,11,13,16H,2-3,5-7,9-10H2,1H3. The monoisotopic (exact) mass is 286 g/mol. The minimum atomic E-state index is 0.707. The van der Waals surface area contributed by atoms with Crippen molar-refractivity contribution in [3.63, 3.8) is 0 Å². The third-order valence-electron chi connectivity index (χ3n) is 4.27. The second-order valence-corrected chi connectivity index (χ2v) is 5.77. The summed E-state index contributed by atoms with van der Waals surface area (Å²) in [7, 11) is 0. The molecule has 0 unspecified atom stereocenters. The van der Waals surface area contributed by atoms with Crippen molar-refractivity contribution in [1.29, 1.82) is 0 Å². The Hall–Kier alpha value is -1.82. The van der Waals surface area contributed by atoms with E-state index in [2.05, 4.69) is 38.8 Å². The van der Waals surface area contributed by atoms with Gasteiger partial charge < -0.3 is 5.32 Å². The third kappa shape index (κ3) is 3.64. The van der Waals surface area contributed by atoms with Crippen LogP contribution in [0.1, 0.15) is 29.8 Å². The van der Waals surface area contributed by atoms with Crippen LogP contribution in [0.3, 0.4) is 0 Å². The Labute approximate surface area is 125 Å². The van der Waals surface area contributed by atoms with E-state index < -0.39 is 0 Å². The Morgan fingerprint density at radius 1 is 1.33 bits per heavy atom. The van der Waals surface area contributed by atoms with Crippen molar-refractivity contribution < 1.29 is 0 Å². The van der Waals surface area contributed by atoms with Gasteiger partial charge in [-0.15, -0.1) is 5.10 Å². The van der Waals surface area contributed by atoms with Crippen LogP contribution >= 0.6 is 0 Å². The van der Waals surface area contributed by atoms with Crippen molar-refractivity contribution in [2.75, 3.05) is 13.1 Å². The number of pyridine rings is 1. The zero-order valence-electron chi connectivity index (χ0n) is 12.5. The van der Waals surface area contributed by atoms with E-state index in [1.165, 1.54) is 24.0 Å². The summed E-state index contributed by atoms with van der Waals surface area (Å²) in [5, 5.41) is 15.6. The predicted molar refractivity (Wildman–Crippen MR) is 79.8 cm³/mol. The lowest BCUT2D eigenvalue weighted by Gasteiger charge is -2.21. The topological polar surface area (TPSA) is 68.5 Å². The number of aryl methyl sites for hydroxylation is 3. The highest BCUT2D eigenvalue weighted by Crippen LogP contribution is 2.16. The fourth-order valence-electron chi connectivity index (χ4n) is 2.90. The quantitative estimate of drug-likeness (QED) is 0.893. The summed E-state index contributed by atoms with van der Waals surface area (Å²) in [6.45, 7) is 5.15. The van der Waals surface area contributed by atoms with Crippen molar-refractivity contribution in [2.24, 2.45) is 5.92 Å². The Morgan fingerprint density at radius 3 is 3.00 bits per heavy atom. The molecule has 3 heterocycles. The SMILES string of the molecule is Cc1cnccc1CCn1nnnc1CC1CCNCC1. The van der Waals surface area contributed by atoms with Crippen LogP contribution < -0.4 is 5.32 Å². The van der Waals surface area contributed by atoms with Gasteiger partial charge in [0, 0.05) is 25.4 Å². The fourth-order valence-corrected chi connectivity index (χ4v) is 2.90. The molecule has 0 saturated carbocycles. The lowest BCUT2D eigenvalue weighted by Crippen LogP contribution is -2.29. The summed E-state index contributed by atoms with van der Waals surface area (Å²) < 4.78 is 1.96. The van der Waals surface area contributed by atoms with Gasteiger partial charge in [0.05, 0.1) is 0 Å². The van der Waals surface area contributed by atoms with E-state index in [9.17, 15) is 0 Å². The molecule has 0 atom stereocenters. The molecule has 2 aromatic rings. The van der Waals surface area contributed by atoms with Crippen LogP contribution in [0.15, 0.2) is 18.5 Å². The third-order valence-corrected chi connectivity index (χ3v) is 4.27. The Morgan fingerprint density at radius 2 is 2.19 bits per heavy atom. The summed E-state index contributed by atoms with van der Waals surface area (Å²) in [5.41, 5.74) is 2.54. The van der Waals surface area contributed by atoms with Gasteiger partial charge in [-0.3, -0.25) is 4.98 Å². The first-order chi connectivity index (χ1) is 10.3. The number of nitrogens with zero attached hydrogens (tertiary/aromatic N) is 5. The molecule has 0 aromatic carbocycles. The zero-order valence-corrected chi connectivity index (χ0v) is 12.5. The molecule has 3 rings (SSSR count). The first-order valence-electron chi connectivity index (χ1n) is 7.68. The molecule has 1 aliphatic heterocycles. The van der Waals surface area contributed by atoms with Gasteiger partial charge in [-0.25, -0.2) is 4.68 Å². The van der Waals surface area contributed by atoms with Crippen molar-refractivity contribution in [1.82, 2.24) is 30.5 Å². The van der Waals surface area contributed by atoms with Gasteiger partial charge in [0.25, 0.3) is 0 Å². The molecule has 1 aliphatic rings. The van der Waals surface area contributed by atoms with E-state index in [4.69, 9.17) is 0 Å². The Kier molecular flexibility index (Phi) is 4.55. The molecule has 1 fully saturated rings. The number of hydrogen-bond acceptors (Lipinski definition) is 5. The average Bonchev–Trinajstić information content (AvgIpc) is 2.95. The summed E-state index contributed by atoms with van der Waals surface area (Å²) in [4.78, 5) is 4.13. The predicted octanol–water partition coefficient (Wildman–Crippen LogP) is 1.16. The molecular weight excluding hydrogens is 264 g/mol. The van der Waals surface area contributed by atoms with Crippen LogP contribution in [-0.4, -0.2) is 38.3 Å². The van der Waals surface area contributed by atoms with Crippen molar-refractivity contribution in [3.8, 4) is 0 Å². The van der Waals surface area contributed by atoms with Gasteiger partial charge >= 0.3 is 0 Å². The maximum atomic E-state index is 4.21. The smallest absolute Gasteiger partial charge is 0.151 e. The van der Waals surface area contributed by atoms with Gasteiger partial charge in [-0.2, -0.15) is 0 Å². The van der Waals surface area contributed by atoms with E-state index in [1.54, 1.807) is 0 Å². The number of aromatic nitrogens is 5. The lowest BCUT2D eigenvalue weighted by molar-refractivity contribution is 0.360. The van der Waals surface area contributed by atoms with Crippen molar-refractivity contribution >= 4 is 0 Å². The molecule has 112 valence electrons. The highest BCUT2D eigenvalue weighted by molar-refractivity contribution is 5.21. The number of rotatable bonds is 5. The second kappa shape index (κ2) is 6.76. The highest BCUT2D eigenvalue weighted by Gasteiger charge is 2.17. The average molecular weight is 286 g/mol. The normalized spacial score (nSPS) is 16.2. The molecule has 0 aliphatic carbocycles. The highest BCUT2D eigenvalue weighted by atomic mass is 15.5. The van der Waals surface area contributed by atoms with Crippen LogP contribution in [0.4, 0.5) is 0 Å². The molecule has 21 heavy (non-hydrogen) atoms. The molecule has 6 nitrogen and oxygen atoms in total. The zero-order chi connectivity index (χ0) is 14.5. The van der Waals surface area contributed by atoms with E-state index in [1.807, 2.05) is 17.1 Å². The number of tetrazole rings is 1. The number of hydrogen-bond donors (Lipinski definition) is 1. The second-order valence-electron chi connectivity index (χ2n) is 5.77. The van der Waals surface area contributed by atoms with E-state index in [-0.39, 0.29) is 0 Å². The van der Waals surface area contributed by atoms with Gasteiger partial charge in [-0.05, 0) is 72.8 Å². The van der Waals surface area contributed by atoms with Gasteiger partial charge in [0.15, 0.2) is 5.82 Å². The minimum Gasteiger partial charge on any atom is -0.317 e. The van der Waals surface area contributed by atoms with Gasteiger partial charge in [0.2, 0.25) is 0 Å². The molecular formula is C15H22N6. The molecule has 1 saturated heterocycles. The maximum absolute atomic E-state index is 4.21. The summed E-state index contributed by atoms with van der Waals surface area (Å²) in [5.74, 6) is 1.73. The summed E-state index contributed by atoms with van der Waals surface area (Å²) >= 11 is 0. The van der Waals surface area contributed by atoms with Crippen LogP contribution in [0.25, 0.3) is 0 Å². The first kappa shape index (κ1) is 14.1. The largest absolute Gasteiger partial charge is 0.317 e. The van der Waals surface area contributed by atoms with Gasteiger partial charge in [-0.1, -0.05) is 0 Å². The van der Waals surface area contributed by atoms with E-state index >= 15 is 0 Å². The van der Waals surface area contributed by atoms with Gasteiger partial charge in [0.1, 0.15) is 0 Å². The first-order valence-corrected chi connectivity index (χ1v) is 7.68. The summed E-state index contributed by atoms with van der Waals surface area (Å²) in [6.07, 6.45) is 8.12. The molecule has 0 radical (unpaired) electrons. The number of nitrogens with one attached hydrogen (secondary N) is 1. The molecule has 1 N–H and O–H groups in total. The maximum Gasteiger partial charge on any atom is 0.151 e. The van der Waals surface area contributed by atoms with Crippen molar-refractivity contribution in [3.05, 3.63) is 35.4 Å². The molecule has 2 aromatic heterocycles. The molecule has 0 amide bonds. The van der Waals surface area contributed by atoms with Crippen LogP contribution in [0, 0.1) is 12.8 Å². The molecule has 0 bridgehead atoms. The Balaban J connectivity index is 1.61. The van der Waals surface area contributed by atoms with Crippen LogP contribution in [0.5, 0.6) is 0 Å². The molecule has 0 spiro atoms. The van der Waals surface area contributed by atoms with Crippen LogP contribution in [0.2, 0.25) is 0 Å². The minimum absolute atomic E-state index is 0.707. The fraction of sp³-hybridized carbons (Fsp3) is 0.600. The Bertz CT molecular complexity index is 573. The summed E-state index contributed by atoms with van der Waals surface area (Å²) in [6, 6.07) is 2.08. The van der Waals surface area contributed by atoms with Crippen LogP contribution in [-0.2, 0) is 19.4 Å². The number of piperidine rings is 1. The lowest BCUT2D eigenvalue weighted by atomic mass is 9.94. The van der Waals surface area contributed by atoms with E-state index in [0.29, 0.717) is 5.92 Å². The van der Waals surface area contributed by atoms with Crippen molar-refractivity contribution in [2.45, 2.75) is 39.2 Å². The van der Waals surface area contributed by atoms with E-state index in [0.717, 1.165) is 38.3 Å².